The molecule has 3 N–H and O–H groups in total. The van der Waals surface area contributed by atoms with Crippen LogP contribution in [0.15, 0.2) is 71.2 Å². The number of aromatic carboxylic acids is 1. The van der Waals surface area contributed by atoms with Gasteiger partial charge in [0.15, 0.2) is 0 Å². The number of hydrogen-bond donors (Lipinski definition) is 3. The molecule has 35 heavy (non-hydrogen) atoms. The topological polar surface area (TPSA) is 105 Å². The summed E-state index contributed by atoms with van der Waals surface area (Å²) in [6.07, 6.45) is -0.375. The summed E-state index contributed by atoms with van der Waals surface area (Å²) in [4.78, 5) is 35.9. The third-order valence-electron chi connectivity index (χ3n) is 5.95. The van der Waals surface area contributed by atoms with Crippen molar-refractivity contribution in [1.29, 1.82) is 0 Å². The average molecular weight is 537 g/mol. The Labute approximate surface area is 211 Å². The fraction of sp³-hybridized carbons (Fsp3) is 0.222. The lowest BCUT2D eigenvalue weighted by Gasteiger charge is -2.16. The molecular weight excluding hydrogens is 512 g/mol. The maximum atomic E-state index is 12.4. The van der Waals surface area contributed by atoms with Crippen molar-refractivity contribution in [2.45, 2.75) is 19.3 Å². The molecule has 0 aromatic heterocycles. The average Bonchev–Trinajstić information content (AvgIpc) is 3.16. The quantitative estimate of drug-likeness (QED) is 0.345. The van der Waals surface area contributed by atoms with Gasteiger partial charge in [-0.05, 0) is 62.3 Å². The van der Waals surface area contributed by atoms with Crippen LogP contribution in [-0.4, -0.2) is 36.2 Å². The minimum atomic E-state index is -1.09. The number of amides is 2. The van der Waals surface area contributed by atoms with Gasteiger partial charge in [0.05, 0.1) is 5.56 Å². The normalized spacial score (nSPS) is 12.9. The van der Waals surface area contributed by atoms with E-state index in [0.717, 1.165) is 22.3 Å². The molecule has 0 saturated carbocycles. The van der Waals surface area contributed by atoms with Crippen LogP contribution in [-0.2, 0) is 9.53 Å². The monoisotopic (exact) mass is 536 g/mol. The van der Waals surface area contributed by atoms with Crippen LogP contribution in [0.25, 0.3) is 11.1 Å². The number of benzene rings is 3. The molecule has 3 aromatic carbocycles. The van der Waals surface area contributed by atoms with Gasteiger partial charge in [0.25, 0.3) is 0 Å². The molecule has 0 spiro atoms. The van der Waals surface area contributed by atoms with Gasteiger partial charge < -0.3 is 20.5 Å². The maximum Gasteiger partial charge on any atom is 0.407 e. The molecule has 1 atom stereocenters. The number of rotatable bonds is 8. The van der Waals surface area contributed by atoms with Gasteiger partial charge in [-0.25, -0.2) is 9.59 Å². The summed E-state index contributed by atoms with van der Waals surface area (Å²) in [5.41, 5.74) is 5.08. The van der Waals surface area contributed by atoms with Gasteiger partial charge in [0, 0.05) is 29.0 Å². The summed E-state index contributed by atoms with van der Waals surface area (Å²) in [6.45, 7) is 2.34. The Balaban J connectivity index is 1.25. The number of hydrogen-bond acceptors (Lipinski definition) is 4. The number of halogens is 1. The van der Waals surface area contributed by atoms with Gasteiger partial charge in [0.1, 0.15) is 6.61 Å². The van der Waals surface area contributed by atoms with Gasteiger partial charge >= 0.3 is 12.1 Å². The molecule has 8 heteroatoms. The number of anilines is 1. The molecule has 2 amide bonds. The van der Waals surface area contributed by atoms with E-state index in [1.165, 1.54) is 6.07 Å². The van der Waals surface area contributed by atoms with E-state index in [0.29, 0.717) is 10.2 Å². The molecule has 0 bridgehead atoms. The fourth-order valence-electron chi connectivity index (χ4n) is 4.27. The molecule has 0 saturated heterocycles. The number of alkyl carbamates (subject to hydrolysis) is 1. The lowest BCUT2D eigenvalue weighted by molar-refractivity contribution is -0.116. The summed E-state index contributed by atoms with van der Waals surface area (Å²) in [5.74, 6) is -1.53. The zero-order chi connectivity index (χ0) is 24.9. The van der Waals surface area contributed by atoms with Crippen molar-refractivity contribution in [3.05, 3.63) is 87.9 Å². The molecule has 0 heterocycles. The Hall–Kier alpha value is -3.65. The fourth-order valence-corrected chi connectivity index (χ4v) is 4.69. The first-order valence-corrected chi connectivity index (χ1v) is 12.0. The summed E-state index contributed by atoms with van der Waals surface area (Å²) in [6, 6.07) is 20.9. The van der Waals surface area contributed by atoms with E-state index in [1.54, 1.807) is 12.1 Å². The molecule has 0 aliphatic heterocycles. The van der Waals surface area contributed by atoms with Crippen LogP contribution in [0.3, 0.4) is 0 Å². The molecule has 180 valence electrons. The Kier molecular flexibility index (Phi) is 7.51. The first-order valence-electron chi connectivity index (χ1n) is 11.2. The molecule has 1 aliphatic rings. The van der Waals surface area contributed by atoms with Gasteiger partial charge in [-0.3, -0.25) is 4.79 Å². The number of ether oxygens (including phenoxy) is 1. The zero-order valence-electron chi connectivity index (χ0n) is 19.1. The molecule has 3 aromatic rings. The second-order valence-corrected chi connectivity index (χ2v) is 9.42. The first-order chi connectivity index (χ1) is 16.8. The van der Waals surface area contributed by atoms with Gasteiger partial charge in [0.2, 0.25) is 5.91 Å². The van der Waals surface area contributed by atoms with Crippen molar-refractivity contribution in [3.63, 3.8) is 0 Å². The number of carboxylic acid groups (broad SMARTS) is 1. The lowest BCUT2D eigenvalue weighted by Crippen LogP contribution is -2.31. The molecule has 1 aliphatic carbocycles. The van der Waals surface area contributed by atoms with Crippen LogP contribution in [0.4, 0.5) is 10.5 Å². The zero-order valence-corrected chi connectivity index (χ0v) is 20.7. The van der Waals surface area contributed by atoms with Crippen molar-refractivity contribution in [2.24, 2.45) is 5.92 Å². The van der Waals surface area contributed by atoms with Gasteiger partial charge in [-0.1, -0.05) is 55.5 Å². The molecule has 1 unspecified atom stereocenters. The summed E-state index contributed by atoms with van der Waals surface area (Å²) in [7, 11) is 0. The number of carbonyl (C=O) groups is 3. The van der Waals surface area contributed by atoms with E-state index >= 15 is 0 Å². The lowest BCUT2D eigenvalue weighted by atomic mass is 9.98. The maximum absolute atomic E-state index is 12.4. The standard InChI is InChI=1S/C27H25BrN2O5/c1-16(12-25(31)30-17-10-11-24(28)22(13-17)26(32)33)14-29-27(34)35-15-23-20-8-4-2-6-18(20)19-7-3-5-9-21(19)23/h2-11,13,16,23H,12,14-15H2,1H3,(H,29,34)(H,30,31)(H,32,33). The highest BCUT2D eigenvalue weighted by Crippen LogP contribution is 2.44. The predicted molar refractivity (Wildman–Crippen MR) is 137 cm³/mol. The van der Waals surface area contributed by atoms with Crippen LogP contribution >= 0.6 is 15.9 Å². The Morgan fingerprint density at radius 2 is 1.63 bits per heavy atom. The number of carboxylic acids is 1. The third-order valence-corrected chi connectivity index (χ3v) is 6.64. The minimum Gasteiger partial charge on any atom is -0.478 e. The number of nitrogens with one attached hydrogen (secondary N) is 2. The Morgan fingerprint density at radius 1 is 1.00 bits per heavy atom. The van der Waals surface area contributed by atoms with E-state index in [2.05, 4.69) is 50.8 Å². The molecule has 7 nitrogen and oxygen atoms in total. The highest BCUT2D eigenvalue weighted by Gasteiger charge is 2.29. The largest absolute Gasteiger partial charge is 0.478 e. The van der Waals surface area contributed by atoms with Crippen molar-refractivity contribution < 1.29 is 24.2 Å². The molecule has 4 rings (SSSR count). The van der Waals surface area contributed by atoms with Crippen molar-refractivity contribution in [3.8, 4) is 11.1 Å². The number of carbonyl (C=O) groups excluding carboxylic acids is 2. The first kappa shape index (κ1) is 24.5. The van der Waals surface area contributed by atoms with Crippen molar-refractivity contribution in [2.75, 3.05) is 18.5 Å². The highest BCUT2D eigenvalue weighted by atomic mass is 79.9. The van der Waals surface area contributed by atoms with Gasteiger partial charge in [-0.2, -0.15) is 0 Å². The number of fused-ring (bicyclic) bond motifs is 3. The van der Waals surface area contributed by atoms with E-state index in [4.69, 9.17) is 4.74 Å². The highest BCUT2D eigenvalue weighted by molar-refractivity contribution is 9.10. The molecular formula is C27H25BrN2O5. The van der Waals surface area contributed by atoms with Crippen LogP contribution < -0.4 is 10.6 Å². The molecule has 0 fully saturated rings. The summed E-state index contributed by atoms with van der Waals surface area (Å²) >= 11 is 3.18. The second-order valence-electron chi connectivity index (χ2n) is 8.56. The summed E-state index contributed by atoms with van der Waals surface area (Å²) < 4.78 is 5.96. The second kappa shape index (κ2) is 10.7. The SMILES string of the molecule is CC(CNC(=O)OCC1c2ccccc2-c2ccccc21)CC(=O)Nc1ccc(Br)c(C(=O)O)c1. The van der Waals surface area contributed by atoms with Crippen LogP contribution in [0.2, 0.25) is 0 Å². The Morgan fingerprint density at radius 3 is 2.26 bits per heavy atom. The van der Waals surface area contributed by atoms with Gasteiger partial charge in [-0.15, -0.1) is 0 Å². The van der Waals surface area contributed by atoms with E-state index < -0.39 is 12.1 Å². The predicted octanol–water partition coefficient (Wildman–Crippen LogP) is 5.65. The smallest absolute Gasteiger partial charge is 0.407 e. The molecule has 0 radical (unpaired) electrons. The van der Waals surface area contributed by atoms with Crippen LogP contribution in [0.1, 0.15) is 40.7 Å². The summed E-state index contributed by atoms with van der Waals surface area (Å²) in [5, 5.41) is 14.6. The van der Waals surface area contributed by atoms with Crippen molar-refractivity contribution in [1.82, 2.24) is 5.32 Å². The van der Waals surface area contributed by atoms with Crippen LogP contribution in [0.5, 0.6) is 0 Å². The van der Waals surface area contributed by atoms with E-state index in [1.807, 2.05) is 31.2 Å². The van der Waals surface area contributed by atoms with Crippen molar-refractivity contribution >= 4 is 39.6 Å². The third kappa shape index (κ3) is 5.71. The minimum absolute atomic E-state index is 0.0158. The Bertz CT molecular complexity index is 1230. The van der Waals surface area contributed by atoms with E-state index in [-0.39, 0.29) is 42.9 Å². The van der Waals surface area contributed by atoms with E-state index in [9.17, 15) is 19.5 Å². The van der Waals surface area contributed by atoms with Crippen LogP contribution in [0, 0.1) is 5.92 Å².